The predicted octanol–water partition coefficient (Wildman–Crippen LogP) is 4.35. The Morgan fingerprint density at radius 3 is 2.76 bits per heavy atom. The van der Waals surface area contributed by atoms with Crippen LogP contribution in [0.25, 0.3) is 10.8 Å². The highest BCUT2D eigenvalue weighted by Crippen LogP contribution is 2.21. The maximum atomic E-state index is 12.0. The molecule has 0 fully saturated rings. The van der Waals surface area contributed by atoms with E-state index in [1.807, 2.05) is 24.3 Å². The molecule has 4 aromatic rings. The van der Waals surface area contributed by atoms with Gasteiger partial charge in [-0.2, -0.15) is 14.9 Å². The summed E-state index contributed by atoms with van der Waals surface area (Å²) in [5.74, 6) is 0.261. The van der Waals surface area contributed by atoms with Crippen molar-refractivity contribution in [2.45, 2.75) is 6.42 Å². The molecule has 6 nitrogen and oxygen atoms in total. The topological polar surface area (TPSA) is 72.3 Å². The normalized spacial score (nSPS) is 11.2. The van der Waals surface area contributed by atoms with Crippen molar-refractivity contribution in [3.05, 3.63) is 94.0 Å². The van der Waals surface area contributed by atoms with Crippen LogP contribution < -0.4 is 0 Å². The Hall–Kier alpha value is -3.58. The summed E-state index contributed by atoms with van der Waals surface area (Å²) in [6, 6.07) is 21.5. The molecule has 7 heteroatoms. The van der Waals surface area contributed by atoms with Crippen molar-refractivity contribution >= 4 is 35.2 Å². The van der Waals surface area contributed by atoms with E-state index in [2.05, 4.69) is 39.6 Å². The van der Waals surface area contributed by atoms with Gasteiger partial charge in [0.1, 0.15) is 0 Å². The van der Waals surface area contributed by atoms with Crippen LogP contribution in [-0.2, 0) is 11.2 Å². The number of methoxy groups -OCH3 is 1. The summed E-state index contributed by atoms with van der Waals surface area (Å²) >= 11 is 5.35. The zero-order valence-corrected chi connectivity index (χ0v) is 16.5. The molecular formula is C22H18N4O2S. The summed E-state index contributed by atoms with van der Waals surface area (Å²) in [5, 5.41) is 14.0. The maximum absolute atomic E-state index is 12.0. The zero-order valence-electron chi connectivity index (χ0n) is 15.7. The number of esters is 1. The van der Waals surface area contributed by atoms with Crippen molar-refractivity contribution in [3.63, 3.8) is 0 Å². The second-order valence-electron chi connectivity index (χ2n) is 6.40. The first kappa shape index (κ1) is 18.8. The molecule has 4 rings (SSSR count). The summed E-state index contributed by atoms with van der Waals surface area (Å²) in [6.45, 7) is 0. The molecule has 144 valence electrons. The molecule has 1 N–H and O–H groups in total. The Labute approximate surface area is 172 Å². The Morgan fingerprint density at radius 1 is 1.14 bits per heavy atom. The van der Waals surface area contributed by atoms with E-state index >= 15 is 0 Å². The summed E-state index contributed by atoms with van der Waals surface area (Å²) in [7, 11) is 1.35. The van der Waals surface area contributed by atoms with Crippen molar-refractivity contribution in [1.29, 1.82) is 0 Å². The largest absolute Gasteiger partial charge is 0.465 e. The third kappa shape index (κ3) is 3.86. The molecule has 0 aliphatic heterocycles. The minimum absolute atomic E-state index is 0.382. The Kier molecular flexibility index (Phi) is 5.31. The molecule has 1 aromatic heterocycles. The fraction of sp³-hybridized carbons (Fsp3) is 0.0909. The summed E-state index contributed by atoms with van der Waals surface area (Å²) in [5.41, 5.74) is 2.20. The van der Waals surface area contributed by atoms with Gasteiger partial charge in [0.05, 0.1) is 18.9 Å². The van der Waals surface area contributed by atoms with E-state index in [4.69, 9.17) is 17.0 Å². The van der Waals surface area contributed by atoms with E-state index in [1.165, 1.54) is 12.5 Å². The molecule has 0 aliphatic carbocycles. The number of benzene rings is 3. The molecule has 0 amide bonds. The lowest BCUT2D eigenvalue weighted by Gasteiger charge is -2.06. The first-order valence-corrected chi connectivity index (χ1v) is 9.43. The molecule has 0 spiro atoms. The number of hydrogen-bond donors (Lipinski definition) is 1. The molecule has 0 aliphatic rings. The van der Waals surface area contributed by atoms with Gasteiger partial charge in [0.2, 0.25) is 4.77 Å². The van der Waals surface area contributed by atoms with E-state index in [1.54, 1.807) is 29.1 Å². The van der Waals surface area contributed by atoms with Crippen LogP contribution in [0.15, 0.2) is 71.8 Å². The van der Waals surface area contributed by atoms with Crippen molar-refractivity contribution in [3.8, 4) is 0 Å². The Bertz CT molecular complexity index is 1270. The van der Waals surface area contributed by atoms with Crippen LogP contribution in [0.3, 0.4) is 0 Å². The van der Waals surface area contributed by atoms with E-state index < -0.39 is 5.97 Å². The van der Waals surface area contributed by atoms with Gasteiger partial charge in [0.15, 0.2) is 5.82 Å². The average Bonchev–Trinajstić information content (AvgIpc) is 3.11. The third-order valence-corrected chi connectivity index (χ3v) is 4.89. The second kappa shape index (κ2) is 8.20. The highest BCUT2D eigenvalue weighted by molar-refractivity contribution is 7.71. The predicted molar refractivity (Wildman–Crippen MR) is 115 cm³/mol. The van der Waals surface area contributed by atoms with Gasteiger partial charge in [-0.3, -0.25) is 5.10 Å². The number of rotatable bonds is 5. The number of ether oxygens (including phenoxy) is 1. The molecule has 3 aromatic carbocycles. The molecule has 0 saturated carbocycles. The van der Waals surface area contributed by atoms with Crippen LogP contribution >= 0.6 is 12.2 Å². The molecule has 0 radical (unpaired) electrons. The highest BCUT2D eigenvalue weighted by Gasteiger charge is 2.11. The smallest absolute Gasteiger partial charge is 0.338 e. The van der Waals surface area contributed by atoms with Crippen molar-refractivity contribution in [2.75, 3.05) is 7.11 Å². The number of hydrogen-bond acceptors (Lipinski definition) is 5. The maximum Gasteiger partial charge on any atom is 0.338 e. The number of aromatic nitrogens is 3. The Balaban J connectivity index is 1.70. The van der Waals surface area contributed by atoms with Crippen LogP contribution in [0.4, 0.5) is 0 Å². The third-order valence-electron chi connectivity index (χ3n) is 4.62. The van der Waals surface area contributed by atoms with Gasteiger partial charge in [0, 0.05) is 12.0 Å². The lowest BCUT2D eigenvalue weighted by molar-refractivity contribution is 0.0600. The van der Waals surface area contributed by atoms with Gasteiger partial charge in [-0.15, -0.1) is 0 Å². The fourth-order valence-electron chi connectivity index (χ4n) is 3.20. The van der Waals surface area contributed by atoms with E-state index in [-0.39, 0.29) is 0 Å². The molecule has 0 atom stereocenters. The van der Waals surface area contributed by atoms with Gasteiger partial charge in [-0.05, 0) is 34.6 Å². The molecule has 0 bridgehead atoms. The van der Waals surface area contributed by atoms with E-state index in [9.17, 15) is 4.79 Å². The number of H-pyrrole nitrogens is 1. The minimum atomic E-state index is -0.418. The van der Waals surface area contributed by atoms with Crippen LogP contribution in [0.5, 0.6) is 0 Å². The van der Waals surface area contributed by atoms with Crippen molar-refractivity contribution in [1.82, 2.24) is 14.9 Å². The van der Waals surface area contributed by atoms with Gasteiger partial charge in [-0.1, -0.05) is 60.7 Å². The van der Waals surface area contributed by atoms with Crippen molar-refractivity contribution < 1.29 is 9.53 Å². The van der Waals surface area contributed by atoms with E-state index in [0.717, 1.165) is 10.9 Å². The minimum Gasteiger partial charge on any atom is -0.465 e. The standard InChI is InChI=1S/C22H18N4O2S/c1-28-21(27)19-12-5-3-8-17(19)14-23-26-20(24-25-22(26)29)13-16-10-6-9-15-7-2-4-11-18(15)16/h2-12,14H,13H2,1H3,(H,25,29)/b23-14-. The summed E-state index contributed by atoms with van der Waals surface area (Å²) < 4.78 is 6.79. The Morgan fingerprint density at radius 2 is 1.90 bits per heavy atom. The number of carbonyl (C=O) groups is 1. The molecule has 0 unspecified atom stereocenters. The molecule has 0 saturated heterocycles. The molecular weight excluding hydrogens is 384 g/mol. The quantitative estimate of drug-likeness (QED) is 0.306. The van der Waals surface area contributed by atoms with Crippen LogP contribution in [0.1, 0.15) is 27.3 Å². The first-order valence-electron chi connectivity index (χ1n) is 9.02. The van der Waals surface area contributed by atoms with Gasteiger partial charge in [-0.25, -0.2) is 4.79 Å². The monoisotopic (exact) mass is 402 g/mol. The first-order chi connectivity index (χ1) is 14.2. The lowest BCUT2D eigenvalue weighted by Crippen LogP contribution is -2.06. The van der Waals surface area contributed by atoms with Crippen LogP contribution in [-0.4, -0.2) is 34.2 Å². The van der Waals surface area contributed by atoms with Crippen LogP contribution in [0.2, 0.25) is 0 Å². The van der Waals surface area contributed by atoms with E-state index in [0.29, 0.717) is 28.1 Å². The fourth-order valence-corrected chi connectivity index (χ4v) is 3.40. The molecule has 29 heavy (non-hydrogen) atoms. The highest BCUT2D eigenvalue weighted by atomic mass is 32.1. The van der Waals surface area contributed by atoms with Gasteiger partial charge in [0.25, 0.3) is 0 Å². The number of carbonyl (C=O) groups excluding carboxylic acids is 1. The zero-order chi connectivity index (χ0) is 20.2. The molecule has 1 heterocycles. The summed E-state index contributed by atoms with van der Waals surface area (Å²) in [4.78, 5) is 12.0. The van der Waals surface area contributed by atoms with Gasteiger partial charge < -0.3 is 4.74 Å². The number of nitrogens with one attached hydrogen (secondary N) is 1. The average molecular weight is 402 g/mol. The number of aromatic amines is 1. The summed E-state index contributed by atoms with van der Waals surface area (Å²) in [6.07, 6.45) is 2.15. The second-order valence-corrected chi connectivity index (χ2v) is 6.78. The van der Waals surface area contributed by atoms with Crippen LogP contribution in [0, 0.1) is 4.77 Å². The van der Waals surface area contributed by atoms with Gasteiger partial charge >= 0.3 is 5.97 Å². The van der Waals surface area contributed by atoms with Crippen molar-refractivity contribution in [2.24, 2.45) is 5.10 Å². The SMILES string of the molecule is COC(=O)c1ccccc1/C=N\n1c(Cc2cccc3ccccc23)n[nH]c1=S. The lowest BCUT2D eigenvalue weighted by atomic mass is 10.0. The number of nitrogens with zero attached hydrogens (tertiary/aromatic N) is 3. The number of fused-ring (bicyclic) bond motifs is 1.